The van der Waals surface area contributed by atoms with Gasteiger partial charge >= 0.3 is 0 Å². The van der Waals surface area contributed by atoms with Crippen molar-refractivity contribution in [3.05, 3.63) is 28.8 Å². The fraction of sp³-hybridized carbons (Fsp3) is 0.333. The molecule has 0 heterocycles. The molecule has 0 fully saturated rings. The van der Waals surface area contributed by atoms with E-state index in [0.717, 1.165) is 18.5 Å². The maximum absolute atomic E-state index is 9.25. The molecule has 2 nitrogen and oxygen atoms in total. The monoisotopic (exact) mass is 185 g/mol. The molecule has 0 unspecified atom stereocenters. The summed E-state index contributed by atoms with van der Waals surface area (Å²) >= 11 is 5.85. The summed E-state index contributed by atoms with van der Waals surface area (Å²) in [7, 11) is 1.89. The molecule has 1 rings (SSSR count). The second-order valence-electron chi connectivity index (χ2n) is 2.60. The molecule has 0 spiro atoms. The van der Waals surface area contributed by atoms with E-state index >= 15 is 0 Å². The molecule has 0 aliphatic carbocycles. The first-order chi connectivity index (χ1) is 5.75. The number of hydrogen-bond donors (Lipinski definition) is 2. The van der Waals surface area contributed by atoms with Crippen LogP contribution < -0.4 is 5.32 Å². The summed E-state index contributed by atoms with van der Waals surface area (Å²) in [5, 5.41) is 12.7. The van der Waals surface area contributed by atoms with E-state index in [1.54, 1.807) is 12.1 Å². The van der Waals surface area contributed by atoms with Crippen molar-refractivity contribution in [2.45, 2.75) is 6.42 Å². The molecule has 12 heavy (non-hydrogen) atoms. The molecule has 0 amide bonds. The fourth-order valence-electron chi connectivity index (χ4n) is 1.02. The number of nitrogens with one attached hydrogen (secondary N) is 1. The Bertz CT molecular complexity index is 263. The van der Waals surface area contributed by atoms with Crippen LogP contribution in [0.25, 0.3) is 0 Å². The predicted octanol–water partition coefficient (Wildman–Crippen LogP) is 1.81. The third-order valence-corrected chi connectivity index (χ3v) is 2.14. The molecule has 1 aromatic rings. The minimum atomic E-state index is 0.158. The Hall–Kier alpha value is -0.730. The molecule has 0 saturated heterocycles. The van der Waals surface area contributed by atoms with Crippen LogP contribution in [0, 0.1) is 0 Å². The van der Waals surface area contributed by atoms with Crippen LogP contribution in [0.15, 0.2) is 18.2 Å². The van der Waals surface area contributed by atoms with Crippen molar-refractivity contribution in [3.63, 3.8) is 0 Å². The van der Waals surface area contributed by atoms with E-state index in [4.69, 9.17) is 11.6 Å². The summed E-state index contributed by atoms with van der Waals surface area (Å²) in [5.74, 6) is 0.158. The van der Waals surface area contributed by atoms with Crippen LogP contribution in [0.1, 0.15) is 5.56 Å². The first-order valence-electron chi connectivity index (χ1n) is 3.86. The van der Waals surface area contributed by atoms with Crippen molar-refractivity contribution < 1.29 is 5.11 Å². The molecule has 0 bridgehead atoms. The van der Waals surface area contributed by atoms with Crippen molar-refractivity contribution >= 4 is 11.6 Å². The zero-order valence-electron chi connectivity index (χ0n) is 6.97. The second kappa shape index (κ2) is 4.33. The lowest BCUT2D eigenvalue weighted by atomic mass is 10.1. The largest absolute Gasteiger partial charge is 0.506 e. The summed E-state index contributed by atoms with van der Waals surface area (Å²) in [6.45, 7) is 0.864. The highest BCUT2D eigenvalue weighted by Crippen LogP contribution is 2.26. The van der Waals surface area contributed by atoms with Gasteiger partial charge in [-0.05, 0) is 31.6 Å². The molecule has 3 heteroatoms. The van der Waals surface area contributed by atoms with Crippen molar-refractivity contribution in [1.29, 1.82) is 0 Å². The number of hydrogen-bond acceptors (Lipinski definition) is 2. The number of likely N-dealkylation sites (N-methyl/N-ethyl adjacent to an activating group) is 1. The van der Waals surface area contributed by atoms with E-state index in [2.05, 4.69) is 5.32 Å². The van der Waals surface area contributed by atoms with Crippen molar-refractivity contribution in [3.8, 4) is 5.75 Å². The molecule has 66 valence electrons. The molecule has 1 aromatic carbocycles. The first-order valence-corrected chi connectivity index (χ1v) is 4.24. The summed E-state index contributed by atoms with van der Waals surface area (Å²) in [6, 6.07) is 5.30. The maximum Gasteiger partial charge on any atom is 0.134 e. The fourth-order valence-corrected chi connectivity index (χ4v) is 1.24. The van der Waals surface area contributed by atoms with Crippen molar-refractivity contribution in [2.75, 3.05) is 13.6 Å². The van der Waals surface area contributed by atoms with Crippen LogP contribution in [0.2, 0.25) is 5.02 Å². The van der Waals surface area contributed by atoms with Crippen molar-refractivity contribution in [2.24, 2.45) is 0 Å². The normalized spacial score (nSPS) is 10.2. The van der Waals surface area contributed by atoms with Gasteiger partial charge in [0.25, 0.3) is 0 Å². The van der Waals surface area contributed by atoms with Gasteiger partial charge in [-0.15, -0.1) is 0 Å². The van der Waals surface area contributed by atoms with Crippen LogP contribution in [0.5, 0.6) is 5.75 Å². The average Bonchev–Trinajstić information content (AvgIpc) is 2.08. The minimum Gasteiger partial charge on any atom is -0.506 e. The summed E-state index contributed by atoms with van der Waals surface area (Å²) in [5.41, 5.74) is 0.978. The van der Waals surface area contributed by atoms with Gasteiger partial charge in [0, 0.05) is 0 Å². The van der Waals surface area contributed by atoms with E-state index in [-0.39, 0.29) is 5.75 Å². The number of benzene rings is 1. The van der Waals surface area contributed by atoms with Crippen LogP contribution in [-0.4, -0.2) is 18.7 Å². The lowest BCUT2D eigenvalue weighted by molar-refractivity contribution is 0.474. The summed E-state index contributed by atoms with van der Waals surface area (Å²) in [4.78, 5) is 0. The Morgan fingerprint density at radius 2 is 2.25 bits per heavy atom. The molecular weight excluding hydrogens is 174 g/mol. The third kappa shape index (κ3) is 2.13. The smallest absolute Gasteiger partial charge is 0.134 e. The van der Waals surface area contributed by atoms with Gasteiger partial charge in [-0.3, -0.25) is 0 Å². The van der Waals surface area contributed by atoms with Gasteiger partial charge in [-0.25, -0.2) is 0 Å². The highest BCUT2D eigenvalue weighted by atomic mass is 35.5. The van der Waals surface area contributed by atoms with Crippen LogP contribution in [-0.2, 0) is 6.42 Å². The second-order valence-corrected chi connectivity index (χ2v) is 2.98. The molecule has 0 aromatic heterocycles. The molecule has 0 saturated carbocycles. The average molecular weight is 186 g/mol. The van der Waals surface area contributed by atoms with Gasteiger partial charge in [0.15, 0.2) is 0 Å². The van der Waals surface area contributed by atoms with Crippen LogP contribution in [0.3, 0.4) is 0 Å². The van der Waals surface area contributed by atoms with E-state index in [9.17, 15) is 5.11 Å². The van der Waals surface area contributed by atoms with Crippen LogP contribution in [0.4, 0.5) is 0 Å². The van der Waals surface area contributed by atoms with Crippen molar-refractivity contribution in [1.82, 2.24) is 5.32 Å². The minimum absolute atomic E-state index is 0.158. The molecule has 0 aliphatic rings. The highest BCUT2D eigenvalue weighted by molar-refractivity contribution is 6.32. The molecule has 0 radical (unpaired) electrons. The molecule has 0 atom stereocenters. The standard InChI is InChI=1S/C9H12ClNO/c1-11-6-5-7-3-2-4-8(12)9(7)10/h2-4,11-12H,5-6H2,1H3. The number of phenols is 1. The Morgan fingerprint density at radius 1 is 1.50 bits per heavy atom. The zero-order chi connectivity index (χ0) is 8.97. The lowest BCUT2D eigenvalue weighted by Crippen LogP contribution is -2.10. The Kier molecular flexibility index (Phi) is 3.38. The van der Waals surface area contributed by atoms with E-state index in [0.29, 0.717) is 5.02 Å². The maximum atomic E-state index is 9.25. The molecule has 2 N–H and O–H groups in total. The van der Waals surface area contributed by atoms with Gasteiger partial charge < -0.3 is 10.4 Å². The Balaban J connectivity index is 2.78. The van der Waals surface area contributed by atoms with Gasteiger partial charge in [-0.2, -0.15) is 0 Å². The van der Waals surface area contributed by atoms with Gasteiger partial charge in [0.2, 0.25) is 0 Å². The third-order valence-electron chi connectivity index (χ3n) is 1.70. The van der Waals surface area contributed by atoms with Gasteiger partial charge in [0.1, 0.15) is 5.75 Å². The first kappa shape index (κ1) is 9.36. The number of halogens is 1. The molecule has 0 aliphatic heterocycles. The highest BCUT2D eigenvalue weighted by Gasteiger charge is 2.02. The van der Waals surface area contributed by atoms with Crippen LogP contribution >= 0.6 is 11.6 Å². The number of aromatic hydroxyl groups is 1. The number of rotatable bonds is 3. The molecular formula is C9H12ClNO. The van der Waals surface area contributed by atoms with Gasteiger partial charge in [0.05, 0.1) is 5.02 Å². The topological polar surface area (TPSA) is 32.3 Å². The Labute approximate surface area is 77.2 Å². The van der Waals surface area contributed by atoms with Gasteiger partial charge in [-0.1, -0.05) is 23.7 Å². The SMILES string of the molecule is CNCCc1cccc(O)c1Cl. The summed E-state index contributed by atoms with van der Waals surface area (Å²) in [6.07, 6.45) is 0.837. The predicted molar refractivity (Wildman–Crippen MR) is 50.7 cm³/mol. The lowest BCUT2D eigenvalue weighted by Gasteiger charge is -2.04. The van der Waals surface area contributed by atoms with E-state index < -0.39 is 0 Å². The summed E-state index contributed by atoms with van der Waals surface area (Å²) < 4.78 is 0. The van der Waals surface area contributed by atoms with E-state index in [1.165, 1.54) is 0 Å². The number of phenolic OH excluding ortho intramolecular Hbond substituents is 1. The quantitative estimate of drug-likeness (QED) is 0.753. The Morgan fingerprint density at radius 3 is 2.92 bits per heavy atom. The zero-order valence-corrected chi connectivity index (χ0v) is 7.73. The van der Waals surface area contributed by atoms with E-state index in [1.807, 2.05) is 13.1 Å².